The predicted octanol–water partition coefficient (Wildman–Crippen LogP) is -0.287. The molecule has 0 aromatic rings. The number of aliphatic carboxylic acids is 1. The molecule has 0 spiro atoms. The van der Waals surface area contributed by atoms with Gasteiger partial charge in [-0.1, -0.05) is 19.8 Å². The van der Waals surface area contributed by atoms with Gasteiger partial charge in [0.15, 0.2) is 5.78 Å². The van der Waals surface area contributed by atoms with Crippen LogP contribution in [0.1, 0.15) is 43.1 Å². The molecular weight excluding hydrogens is 234 g/mol. The van der Waals surface area contributed by atoms with E-state index in [9.17, 15) is 19.8 Å². The van der Waals surface area contributed by atoms with Crippen LogP contribution in [0.5, 0.6) is 0 Å². The number of hydrogen-bond acceptors (Lipinski definition) is 4. The third-order valence-electron chi connectivity index (χ3n) is 2.37. The average molecular weight is 262 g/mol. The third-order valence-corrected chi connectivity index (χ3v) is 2.37. The molecule has 0 amide bonds. The Balaban J connectivity index is 4.93. The summed E-state index contributed by atoms with van der Waals surface area (Å²) in [5.74, 6) is -1.90. The second-order valence-electron chi connectivity index (χ2n) is 4.95. The number of Topliss-reactive ketones (excluding diaryl/α,β-unsaturated/α-hetero) is 1. The topological polar surface area (TPSA) is 77.4 Å². The van der Waals surface area contributed by atoms with Crippen LogP contribution in [0.3, 0.4) is 0 Å². The zero-order chi connectivity index (χ0) is 16.9. The summed E-state index contributed by atoms with van der Waals surface area (Å²) >= 11 is 0. The van der Waals surface area contributed by atoms with Gasteiger partial charge in [-0.15, -0.1) is 0 Å². The maximum Gasteiger partial charge on any atom is 0.186 e. The van der Waals surface area contributed by atoms with Gasteiger partial charge in [-0.2, -0.15) is 0 Å². The number of nitrogens with zero attached hydrogens (tertiary/aromatic N) is 1. The molecule has 18 heavy (non-hydrogen) atoms. The van der Waals surface area contributed by atoms with E-state index >= 15 is 0 Å². The van der Waals surface area contributed by atoms with E-state index in [1.165, 1.54) is 14.1 Å². The molecule has 0 radical (unpaired) electrons. The van der Waals surface area contributed by atoms with Gasteiger partial charge in [0.2, 0.25) is 0 Å². The van der Waals surface area contributed by atoms with Crippen LogP contribution < -0.4 is 5.11 Å². The van der Waals surface area contributed by atoms with E-state index in [1.54, 1.807) is 0 Å². The minimum absolute atomic E-state index is 0.179. The second kappa shape index (κ2) is 8.21. The minimum Gasteiger partial charge on any atom is -0.550 e. The molecule has 106 valence electrons. The number of carbonyl (C=O) groups is 2. The number of carboxylic acid groups (broad SMARTS) is 1. The zero-order valence-electron chi connectivity index (χ0n) is 14.4. The van der Waals surface area contributed by atoms with E-state index in [-0.39, 0.29) is 12.3 Å². The summed E-state index contributed by atoms with van der Waals surface area (Å²) in [6, 6.07) is 0. The molecule has 0 aromatic carbocycles. The van der Waals surface area contributed by atoms with E-state index in [4.69, 9.17) is 4.11 Å². The molecule has 0 heterocycles. The first kappa shape index (κ1) is 12.1. The average Bonchev–Trinajstić information content (AvgIpc) is 2.26. The van der Waals surface area contributed by atoms with Crippen LogP contribution in [0.2, 0.25) is 0 Å². The van der Waals surface area contributed by atoms with Gasteiger partial charge >= 0.3 is 0 Å². The van der Waals surface area contributed by atoms with Crippen LogP contribution in [0.25, 0.3) is 0 Å². The first-order chi connectivity index (χ1) is 9.37. The highest BCUT2D eigenvalue weighted by Gasteiger charge is 2.23. The Morgan fingerprint density at radius 2 is 2.06 bits per heavy atom. The van der Waals surface area contributed by atoms with Crippen LogP contribution in [-0.4, -0.2) is 54.6 Å². The van der Waals surface area contributed by atoms with Crippen LogP contribution in [0.15, 0.2) is 0 Å². The van der Waals surface area contributed by atoms with E-state index in [0.29, 0.717) is 12.8 Å². The van der Waals surface area contributed by atoms with Crippen LogP contribution >= 0.6 is 0 Å². The van der Waals surface area contributed by atoms with Crippen molar-refractivity contribution in [1.29, 1.82) is 0 Å². The Morgan fingerprint density at radius 1 is 1.44 bits per heavy atom. The highest BCUT2D eigenvalue weighted by molar-refractivity contribution is 5.79. The standard InChI is InChI=1S/C13H25NO4/c1-4-5-6-7-11(15)9-14(2,3)10-12(16)8-13(17)18/h12,16H,4-10H2,1-3H3/t12-/m1/s1/i10D2,12D. The first-order valence-electron chi connectivity index (χ1n) is 7.64. The lowest BCUT2D eigenvalue weighted by Gasteiger charge is -2.31. The Hall–Kier alpha value is -0.940. The van der Waals surface area contributed by atoms with Gasteiger partial charge in [0, 0.05) is 18.8 Å². The van der Waals surface area contributed by atoms with Gasteiger partial charge in [-0.05, 0) is 6.42 Å². The third kappa shape index (κ3) is 9.13. The van der Waals surface area contributed by atoms with Crippen molar-refractivity contribution >= 4 is 11.8 Å². The van der Waals surface area contributed by atoms with E-state index < -0.39 is 29.5 Å². The van der Waals surface area contributed by atoms with Crippen molar-refractivity contribution in [2.75, 3.05) is 27.1 Å². The number of carboxylic acids is 1. The van der Waals surface area contributed by atoms with E-state index in [0.717, 1.165) is 12.8 Å². The van der Waals surface area contributed by atoms with Gasteiger partial charge < -0.3 is 19.5 Å². The van der Waals surface area contributed by atoms with Gasteiger partial charge in [0.25, 0.3) is 0 Å². The quantitative estimate of drug-likeness (QED) is 0.433. The molecule has 0 fully saturated rings. The number of ketones is 1. The van der Waals surface area contributed by atoms with Crippen molar-refractivity contribution in [3.05, 3.63) is 0 Å². The number of carbonyl (C=O) groups excluding carboxylic acids is 2. The second-order valence-corrected chi connectivity index (χ2v) is 4.95. The normalized spacial score (nSPS) is 18.3. The number of likely N-dealkylation sites (N-methyl/N-ethyl adjacent to an activating group) is 1. The molecule has 1 N–H and O–H groups in total. The molecule has 5 heteroatoms. The van der Waals surface area contributed by atoms with Crippen molar-refractivity contribution in [2.24, 2.45) is 0 Å². The molecule has 5 nitrogen and oxygen atoms in total. The summed E-state index contributed by atoms with van der Waals surface area (Å²) in [5, 5.41) is 20.4. The smallest absolute Gasteiger partial charge is 0.186 e. The largest absolute Gasteiger partial charge is 0.550 e. The monoisotopic (exact) mass is 262 g/mol. The van der Waals surface area contributed by atoms with Gasteiger partial charge in [0.05, 0.1) is 18.2 Å². The molecule has 0 aliphatic heterocycles. The number of aliphatic hydroxyl groups is 1. The first-order valence-corrected chi connectivity index (χ1v) is 6.14. The SMILES string of the molecule is [2H]C([2H])([C@]([2H])(O)CC(=O)[O-])[N+](C)(C)CC(=O)CCCCC. The van der Waals surface area contributed by atoms with Crippen molar-refractivity contribution < 1.29 is 28.4 Å². The number of unbranched alkanes of at least 4 members (excludes halogenated alkanes) is 2. The Morgan fingerprint density at radius 3 is 2.56 bits per heavy atom. The maximum absolute atomic E-state index is 11.9. The van der Waals surface area contributed by atoms with Gasteiger partial charge in [0.1, 0.15) is 19.1 Å². The fourth-order valence-electron chi connectivity index (χ4n) is 1.66. The number of quaternary nitrogens is 1. The van der Waals surface area contributed by atoms with Crippen LogP contribution in [0, 0.1) is 0 Å². The highest BCUT2D eigenvalue weighted by atomic mass is 16.4. The molecule has 0 aromatic heterocycles. The summed E-state index contributed by atoms with van der Waals surface area (Å²) in [6.07, 6.45) is -1.15. The fraction of sp³-hybridized carbons (Fsp3) is 0.846. The Kier molecular flexibility index (Phi) is 5.53. The number of rotatable bonds is 10. The molecule has 0 unspecified atom stereocenters. The lowest BCUT2D eigenvalue weighted by molar-refractivity contribution is -0.885. The highest BCUT2D eigenvalue weighted by Crippen LogP contribution is 2.06. The fourth-order valence-corrected chi connectivity index (χ4v) is 1.66. The Bertz CT molecular complexity index is 384. The summed E-state index contributed by atoms with van der Waals surface area (Å²) in [4.78, 5) is 22.4. The van der Waals surface area contributed by atoms with E-state index in [2.05, 4.69) is 0 Å². The maximum atomic E-state index is 11.9. The van der Waals surface area contributed by atoms with Crippen LogP contribution in [-0.2, 0) is 9.59 Å². The summed E-state index contributed by atoms with van der Waals surface area (Å²) in [7, 11) is 2.71. The van der Waals surface area contributed by atoms with E-state index in [1.807, 2.05) is 6.92 Å². The number of hydrogen-bond donors (Lipinski definition) is 1. The summed E-state index contributed by atoms with van der Waals surface area (Å²) < 4.78 is 22.7. The molecular formula is C13H25NO4. The van der Waals surface area contributed by atoms with Crippen molar-refractivity contribution in [3.63, 3.8) is 0 Å². The molecule has 1 atom stereocenters. The summed E-state index contributed by atoms with van der Waals surface area (Å²) in [5.41, 5.74) is 0. The predicted molar refractivity (Wildman–Crippen MR) is 66.6 cm³/mol. The Labute approximate surface area is 113 Å². The van der Waals surface area contributed by atoms with Gasteiger partial charge in [-0.25, -0.2) is 0 Å². The van der Waals surface area contributed by atoms with Crippen LogP contribution in [0.4, 0.5) is 0 Å². The van der Waals surface area contributed by atoms with Crippen molar-refractivity contribution in [1.82, 2.24) is 0 Å². The lowest BCUT2D eigenvalue weighted by atomic mass is 10.1. The van der Waals surface area contributed by atoms with Gasteiger partial charge in [-0.3, -0.25) is 4.79 Å². The van der Waals surface area contributed by atoms with Crippen molar-refractivity contribution in [2.45, 2.75) is 45.1 Å². The minimum atomic E-state index is -2.88. The molecule has 0 rings (SSSR count). The van der Waals surface area contributed by atoms with Crippen molar-refractivity contribution in [3.8, 4) is 0 Å². The zero-order valence-corrected chi connectivity index (χ0v) is 11.4. The summed E-state index contributed by atoms with van der Waals surface area (Å²) in [6.45, 7) is -0.846. The molecule has 0 saturated heterocycles. The molecule has 0 saturated carbocycles. The molecule has 0 aliphatic rings. The lowest BCUT2D eigenvalue weighted by Crippen LogP contribution is -2.49. The molecule has 0 bridgehead atoms. The molecule has 0 aliphatic carbocycles.